The standard InChI is InChI=1S/C32H38N4O5/c1-18-11-19(2)35-32(38)27(18)15-34-31(37)26-13-23-12-22(25-8-7-24(39-5)14-28(25)40-6)17-36(23)30(20(26)3)21(4)29-16-33-9-10-41-29/h7-8,11-14,17,21,29,33H,9-10,15-16H2,1-6H3,(H,34,37)(H,35,38). The monoisotopic (exact) mass is 558 g/mol. The van der Waals surface area contributed by atoms with E-state index in [0.717, 1.165) is 52.2 Å². The molecule has 4 heterocycles. The normalized spacial score (nSPS) is 16.0. The Labute approximate surface area is 239 Å². The molecule has 41 heavy (non-hydrogen) atoms. The zero-order valence-electron chi connectivity index (χ0n) is 24.5. The summed E-state index contributed by atoms with van der Waals surface area (Å²) in [6, 6.07) is 11.6. The number of pyridine rings is 2. The summed E-state index contributed by atoms with van der Waals surface area (Å²) in [6.45, 7) is 10.2. The summed E-state index contributed by atoms with van der Waals surface area (Å²) < 4.78 is 19.4. The minimum absolute atomic E-state index is 0.00162. The Morgan fingerprint density at radius 2 is 1.95 bits per heavy atom. The molecule has 1 aromatic carbocycles. The van der Waals surface area contributed by atoms with E-state index in [1.54, 1.807) is 14.2 Å². The van der Waals surface area contributed by atoms with Crippen LogP contribution in [0.25, 0.3) is 16.6 Å². The topological polar surface area (TPSA) is 106 Å². The van der Waals surface area contributed by atoms with Gasteiger partial charge < -0.3 is 34.2 Å². The summed E-state index contributed by atoms with van der Waals surface area (Å²) in [5.74, 6) is 1.18. The second-order valence-corrected chi connectivity index (χ2v) is 10.7. The SMILES string of the molecule is COc1ccc(-c2cc3cc(C(=O)NCc4c(C)cc(C)[nH]c4=O)c(C)c(C(C)C4CNCCO4)n3c2)c(OC)c1. The molecule has 2 atom stereocenters. The number of hydrogen-bond donors (Lipinski definition) is 3. The number of H-pyrrole nitrogens is 1. The fourth-order valence-corrected chi connectivity index (χ4v) is 5.80. The Bertz CT molecular complexity index is 1650. The molecule has 1 aliphatic rings. The first kappa shape index (κ1) is 28.4. The summed E-state index contributed by atoms with van der Waals surface area (Å²) in [6.07, 6.45) is 2.05. The lowest BCUT2D eigenvalue weighted by atomic mass is 9.92. The van der Waals surface area contributed by atoms with Gasteiger partial charge in [0.1, 0.15) is 11.5 Å². The van der Waals surface area contributed by atoms with Crippen LogP contribution in [-0.2, 0) is 11.3 Å². The number of aromatic nitrogens is 2. The van der Waals surface area contributed by atoms with Crippen LogP contribution in [0.3, 0.4) is 0 Å². The molecule has 0 saturated carbocycles. The van der Waals surface area contributed by atoms with Gasteiger partial charge in [0.15, 0.2) is 0 Å². The molecule has 0 bridgehead atoms. The lowest BCUT2D eigenvalue weighted by molar-refractivity contribution is 0.0135. The molecule has 0 spiro atoms. The fraction of sp³-hybridized carbons (Fsp3) is 0.375. The van der Waals surface area contributed by atoms with E-state index < -0.39 is 0 Å². The zero-order chi connectivity index (χ0) is 29.3. The minimum Gasteiger partial charge on any atom is -0.497 e. The zero-order valence-corrected chi connectivity index (χ0v) is 24.5. The van der Waals surface area contributed by atoms with Crippen molar-refractivity contribution in [1.29, 1.82) is 0 Å². The lowest BCUT2D eigenvalue weighted by Gasteiger charge is -2.31. The number of rotatable bonds is 8. The highest BCUT2D eigenvalue weighted by atomic mass is 16.5. The van der Waals surface area contributed by atoms with Crippen molar-refractivity contribution in [2.75, 3.05) is 33.9 Å². The fourth-order valence-electron chi connectivity index (χ4n) is 5.80. The number of benzene rings is 1. The molecule has 4 aromatic rings. The van der Waals surface area contributed by atoms with Crippen LogP contribution < -0.4 is 25.7 Å². The quantitative estimate of drug-likeness (QED) is 0.299. The lowest BCUT2D eigenvalue weighted by Crippen LogP contribution is -2.41. The first-order valence-corrected chi connectivity index (χ1v) is 13.9. The van der Waals surface area contributed by atoms with E-state index in [-0.39, 0.29) is 30.0 Å². The molecule has 5 rings (SSSR count). The third-order valence-electron chi connectivity index (χ3n) is 8.02. The van der Waals surface area contributed by atoms with Gasteiger partial charge in [0.25, 0.3) is 11.5 Å². The van der Waals surface area contributed by atoms with Crippen molar-refractivity contribution in [2.45, 2.75) is 46.3 Å². The number of nitrogens with one attached hydrogen (secondary N) is 3. The van der Waals surface area contributed by atoms with Crippen LogP contribution in [0.5, 0.6) is 11.5 Å². The Balaban J connectivity index is 1.59. The molecule has 0 radical (unpaired) electrons. The number of amides is 1. The second-order valence-electron chi connectivity index (χ2n) is 10.7. The molecular formula is C32H38N4O5. The number of fused-ring (bicyclic) bond motifs is 1. The number of carbonyl (C=O) groups excluding carboxylic acids is 1. The van der Waals surface area contributed by atoms with Crippen LogP contribution in [0.1, 0.15) is 51.3 Å². The molecule has 1 aliphatic heterocycles. The molecule has 1 saturated heterocycles. The van der Waals surface area contributed by atoms with E-state index in [1.165, 1.54) is 0 Å². The van der Waals surface area contributed by atoms with E-state index >= 15 is 0 Å². The summed E-state index contributed by atoms with van der Waals surface area (Å²) in [5, 5.41) is 6.42. The van der Waals surface area contributed by atoms with Gasteiger partial charge in [-0.05, 0) is 62.2 Å². The number of aryl methyl sites for hydroxylation is 2. The maximum atomic E-state index is 13.7. The Morgan fingerprint density at radius 3 is 2.63 bits per heavy atom. The molecule has 0 aliphatic carbocycles. The maximum Gasteiger partial charge on any atom is 0.253 e. The highest BCUT2D eigenvalue weighted by Crippen LogP contribution is 2.37. The van der Waals surface area contributed by atoms with Crippen molar-refractivity contribution < 1.29 is 19.0 Å². The third-order valence-corrected chi connectivity index (χ3v) is 8.02. The van der Waals surface area contributed by atoms with Gasteiger partial charge in [-0.25, -0.2) is 0 Å². The van der Waals surface area contributed by atoms with Gasteiger partial charge in [-0.15, -0.1) is 0 Å². The average Bonchev–Trinajstić information content (AvgIpc) is 3.39. The molecule has 1 amide bonds. The Hall–Kier alpha value is -4.08. The van der Waals surface area contributed by atoms with Crippen molar-refractivity contribution in [3.63, 3.8) is 0 Å². The van der Waals surface area contributed by atoms with E-state index in [9.17, 15) is 9.59 Å². The molecule has 2 unspecified atom stereocenters. The molecule has 1 fully saturated rings. The number of aromatic amines is 1. The molecule has 3 N–H and O–H groups in total. The van der Waals surface area contributed by atoms with Crippen molar-refractivity contribution in [2.24, 2.45) is 0 Å². The summed E-state index contributed by atoms with van der Waals surface area (Å²) in [4.78, 5) is 29.0. The van der Waals surface area contributed by atoms with Crippen LogP contribution in [0.15, 0.2) is 47.4 Å². The minimum atomic E-state index is -0.231. The highest BCUT2D eigenvalue weighted by molar-refractivity contribution is 5.97. The smallest absolute Gasteiger partial charge is 0.253 e. The first-order valence-electron chi connectivity index (χ1n) is 13.9. The van der Waals surface area contributed by atoms with Gasteiger partial charge in [-0.3, -0.25) is 9.59 Å². The van der Waals surface area contributed by atoms with Crippen LogP contribution in [0, 0.1) is 20.8 Å². The summed E-state index contributed by atoms with van der Waals surface area (Å²) in [5.41, 5.74) is 7.20. The van der Waals surface area contributed by atoms with Gasteiger partial charge in [0, 0.05) is 77.0 Å². The largest absolute Gasteiger partial charge is 0.497 e. The second kappa shape index (κ2) is 11.8. The average molecular weight is 559 g/mol. The molecule has 9 nitrogen and oxygen atoms in total. The number of ether oxygens (including phenoxy) is 3. The molecule has 216 valence electrons. The Morgan fingerprint density at radius 1 is 1.15 bits per heavy atom. The number of morpholine rings is 1. The maximum absolute atomic E-state index is 13.7. The van der Waals surface area contributed by atoms with Crippen LogP contribution >= 0.6 is 0 Å². The number of hydrogen-bond acceptors (Lipinski definition) is 6. The van der Waals surface area contributed by atoms with E-state index in [4.69, 9.17) is 14.2 Å². The first-order chi connectivity index (χ1) is 19.7. The molecular weight excluding hydrogens is 520 g/mol. The van der Waals surface area contributed by atoms with Gasteiger partial charge in [0.2, 0.25) is 0 Å². The van der Waals surface area contributed by atoms with E-state index in [2.05, 4.69) is 39.2 Å². The van der Waals surface area contributed by atoms with E-state index in [0.29, 0.717) is 29.2 Å². The number of carbonyl (C=O) groups is 1. The third kappa shape index (κ3) is 5.60. The van der Waals surface area contributed by atoms with Gasteiger partial charge in [0.05, 0.1) is 26.9 Å². The van der Waals surface area contributed by atoms with Gasteiger partial charge >= 0.3 is 0 Å². The van der Waals surface area contributed by atoms with Gasteiger partial charge in [-0.2, -0.15) is 0 Å². The van der Waals surface area contributed by atoms with Crippen LogP contribution in [0.4, 0.5) is 0 Å². The predicted molar refractivity (Wildman–Crippen MR) is 159 cm³/mol. The number of nitrogens with zero attached hydrogens (tertiary/aromatic N) is 1. The molecule has 3 aromatic heterocycles. The van der Waals surface area contributed by atoms with Crippen molar-refractivity contribution in [1.82, 2.24) is 20.0 Å². The van der Waals surface area contributed by atoms with Gasteiger partial charge in [-0.1, -0.05) is 6.92 Å². The number of methoxy groups -OCH3 is 2. The van der Waals surface area contributed by atoms with Crippen molar-refractivity contribution in [3.05, 3.63) is 86.6 Å². The molecule has 9 heteroatoms. The van der Waals surface area contributed by atoms with Crippen LogP contribution in [-0.4, -0.2) is 55.3 Å². The highest BCUT2D eigenvalue weighted by Gasteiger charge is 2.28. The predicted octanol–water partition coefficient (Wildman–Crippen LogP) is 4.26. The summed E-state index contributed by atoms with van der Waals surface area (Å²) in [7, 11) is 3.27. The van der Waals surface area contributed by atoms with Crippen LogP contribution in [0.2, 0.25) is 0 Å². The van der Waals surface area contributed by atoms with Crippen molar-refractivity contribution in [3.8, 4) is 22.6 Å². The van der Waals surface area contributed by atoms with Crippen molar-refractivity contribution >= 4 is 11.4 Å². The Kier molecular flexibility index (Phi) is 8.19. The van der Waals surface area contributed by atoms with E-state index in [1.807, 2.05) is 51.1 Å². The summed E-state index contributed by atoms with van der Waals surface area (Å²) >= 11 is 0.